The van der Waals surface area contributed by atoms with Crippen molar-refractivity contribution >= 4 is 6.09 Å². The van der Waals surface area contributed by atoms with Crippen molar-refractivity contribution in [3.63, 3.8) is 0 Å². The van der Waals surface area contributed by atoms with E-state index in [9.17, 15) is 4.79 Å². The van der Waals surface area contributed by atoms with Crippen LogP contribution in [0.5, 0.6) is 0 Å². The molecule has 2 fully saturated rings. The predicted octanol–water partition coefficient (Wildman–Crippen LogP) is 2.93. The number of amides is 1. The van der Waals surface area contributed by atoms with Gasteiger partial charge in [0.1, 0.15) is 6.61 Å². The van der Waals surface area contributed by atoms with Crippen LogP contribution in [0.25, 0.3) is 0 Å². The normalized spacial score (nSPS) is 25.8. The summed E-state index contributed by atoms with van der Waals surface area (Å²) in [6, 6.07) is 9.85. The van der Waals surface area contributed by atoms with E-state index in [1.807, 2.05) is 35.2 Å². The predicted molar refractivity (Wildman–Crippen MR) is 82.0 cm³/mol. The van der Waals surface area contributed by atoms with Gasteiger partial charge in [0.25, 0.3) is 0 Å². The molecule has 2 aliphatic rings. The van der Waals surface area contributed by atoms with Crippen LogP contribution in [-0.2, 0) is 11.3 Å². The Kier molecular flexibility index (Phi) is 4.44. The van der Waals surface area contributed by atoms with Crippen LogP contribution in [-0.4, -0.2) is 36.2 Å². The Morgan fingerprint density at radius 1 is 1.14 bits per heavy atom. The fraction of sp³-hybridized carbons (Fsp3) is 0.588. The van der Waals surface area contributed by atoms with E-state index in [-0.39, 0.29) is 11.6 Å². The highest BCUT2D eigenvalue weighted by molar-refractivity contribution is 5.67. The van der Waals surface area contributed by atoms with Crippen LogP contribution in [0.4, 0.5) is 4.79 Å². The van der Waals surface area contributed by atoms with Crippen LogP contribution < -0.4 is 5.32 Å². The molecule has 0 saturated carbocycles. The maximum atomic E-state index is 12.2. The van der Waals surface area contributed by atoms with Crippen molar-refractivity contribution in [2.45, 2.75) is 44.2 Å². The first kappa shape index (κ1) is 14.4. The molecule has 2 saturated heterocycles. The van der Waals surface area contributed by atoms with Gasteiger partial charge >= 0.3 is 6.09 Å². The molecule has 21 heavy (non-hydrogen) atoms. The average Bonchev–Trinajstić information content (AvgIpc) is 2.87. The maximum Gasteiger partial charge on any atom is 0.410 e. The SMILES string of the molecule is O=C(OCc1ccccc1)N1CCC[C@]2(CCCN2)CC1. The lowest BCUT2D eigenvalue weighted by Gasteiger charge is -2.28. The highest BCUT2D eigenvalue weighted by Gasteiger charge is 2.35. The summed E-state index contributed by atoms with van der Waals surface area (Å²) in [6.45, 7) is 3.11. The molecule has 4 nitrogen and oxygen atoms in total. The van der Waals surface area contributed by atoms with Gasteiger partial charge in [-0.3, -0.25) is 0 Å². The number of hydrogen-bond acceptors (Lipinski definition) is 3. The number of nitrogens with one attached hydrogen (secondary N) is 1. The van der Waals surface area contributed by atoms with Crippen LogP contribution in [0, 0.1) is 0 Å². The first-order valence-electron chi connectivity index (χ1n) is 7.98. The van der Waals surface area contributed by atoms with Crippen molar-refractivity contribution in [3.8, 4) is 0 Å². The van der Waals surface area contributed by atoms with Gasteiger partial charge in [0.05, 0.1) is 0 Å². The number of nitrogens with zero attached hydrogens (tertiary/aromatic N) is 1. The highest BCUT2D eigenvalue weighted by atomic mass is 16.6. The summed E-state index contributed by atoms with van der Waals surface area (Å²) in [5.41, 5.74) is 1.32. The number of likely N-dealkylation sites (tertiary alicyclic amines) is 1. The minimum absolute atomic E-state index is 0.172. The zero-order valence-corrected chi connectivity index (χ0v) is 12.5. The monoisotopic (exact) mass is 288 g/mol. The summed E-state index contributed by atoms with van der Waals surface area (Å²) in [4.78, 5) is 14.1. The molecule has 1 amide bonds. The molecule has 2 heterocycles. The third-order valence-corrected chi connectivity index (χ3v) is 4.74. The molecule has 1 N–H and O–H groups in total. The minimum Gasteiger partial charge on any atom is -0.445 e. The molecular weight excluding hydrogens is 264 g/mol. The van der Waals surface area contributed by atoms with Gasteiger partial charge in [-0.2, -0.15) is 0 Å². The number of rotatable bonds is 2. The Bertz CT molecular complexity index is 469. The van der Waals surface area contributed by atoms with E-state index >= 15 is 0 Å². The molecule has 2 aliphatic heterocycles. The van der Waals surface area contributed by atoms with Gasteiger partial charge < -0.3 is 15.0 Å². The van der Waals surface area contributed by atoms with E-state index in [0.29, 0.717) is 6.61 Å². The average molecular weight is 288 g/mol. The molecule has 1 spiro atoms. The first-order valence-corrected chi connectivity index (χ1v) is 7.98. The van der Waals surface area contributed by atoms with Crippen molar-refractivity contribution in [2.24, 2.45) is 0 Å². The minimum atomic E-state index is -0.172. The second-order valence-corrected chi connectivity index (χ2v) is 6.19. The molecule has 114 valence electrons. The largest absolute Gasteiger partial charge is 0.445 e. The molecule has 1 atom stereocenters. The van der Waals surface area contributed by atoms with Gasteiger partial charge in [-0.25, -0.2) is 4.79 Å². The lowest BCUT2D eigenvalue weighted by Crippen LogP contribution is -2.41. The van der Waals surface area contributed by atoms with Gasteiger partial charge in [0.15, 0.2) is 0 Å². The Morgan fingerprint density at radius 3 is 2.71 bits per heavy atom. The summed E-state index contributed by atoms with van der Waals surface area (Å²) < 4.78 is 5.44. The Morgan fingerprint density at radius 2 is 1.95 bits per heavy atom. The fourth-order valence-electron chi connectivity index (χ4n) is 3.48. The molecule has 1 aromatic rings. The van der Waals surface area contributed by atoms with Crippen molar-refractivity contribution in [3.05, 3.63) is 35.9 Å². The topological polar surface area (TPSA) is 41.6 Å². The smallest absolute Gasteiger partial charge is 0.410 e. The number of ether oxygens (including phenoxy) is 1. The Hall–Kier alpha value is -1.55. The van der Waals surface area contributed by atoms with Crippen molar-refractivity contribution in [2.75, 3.05) is 19.6 Å². The zero-order valence-electron chi connectivity index (χ0n) is 12.5. The highest BCUT2D eigenvalue weighted by Crippen LogP contribution is 2.30. The fourth-order valence-corrected chi connectivity index (χ4v) is 3.48. The van der Waals surface area contributed by atoms with Gasteiger partial charge in [-0.05, 0) is 44.2 Å². The van der Waals surface area contributed by atoms with E-state index in [4.69, 9.17) is 4.74 Å². The number of carbonyl (C=O) groups excluding carboxylic acids is 1. The van der Waals surface area contributed by atoms with Gasteiger partial charge in [0, 0.05) is 18.6 Å². The Labute approximate surface area is 126 Å². The van der Waals surface area contributed by atoms with E-state index in [0.717, 1.165) is 38.0 Å². The van der Waals surface area contributed by atoms with E-state index < -0.39 is 0 Å². The molecular formula is C17H24N2O2. The summed E-state index contributed by atoms with van der Waals surface area (Å²) in [5.74, 6) is 0. The summed E-state index contributed by atoms with van der Waals surface area (Å²) in [7, 11) is 0. The Balaban J connectivity index is 1.51. The molecule has 0 aliphatic carbocycles. The molecule has 0 bridgehead atoms. The molecule has 3 rings (SSSR count). The molecule has 1 aromatic carbocycles. The molecule has 0 radical (unpaired) electrons. The number of hydrogen-bond donors (Lipinski definition) is 1. The molecule has 0 aromatic heterocycles. The van der Waals surface area contributed by atoms with Gasteiger partial charge in [-0.1, -0.05) is 30.3 Å². The number of benzene rings is 1. The summed E-state index contributed by atoms with van der Waals surface area (Å²) in [5, 5.41) is 3.65. The summed E-state index contributed by atoms with van der Waals surface area (Å²) >= 11 is 0. The number of carbonyl (C=O) groups is 1. The lowest BCUT2D eigenvalue weighted by molar-refractivity contribution is 0.0967. The van der Waals surface area contributed by atoms with Crippen LogP contribution in [0.15, 0.2) is 30.3 Å². The molecule has 4 heteroatoms. The van der Waals surface area contributed by atoms with Gasteiger partial charge in [-0.15, -0.1) is 0 Å². The van der Waals surface area contributed by atoms with Crippen molar-refractivity contribution in [1.82, 2.24) is 10.2 Å². The van der Waals surface area contributed by atoms with E-state index in [1.54, 1.807) is 0 Å². The second-order valence-electron chi connectivity index (χ2n) is 6.19. The zero-order chi connectivity index (χ0) is 14.5. The standard InChI is InChI=1S/C17H24N2O2/c20-16(21-14-15-6-2-1-3-7-15)19-12-5-9-17(10-13-19)8-4-11-18-17/h1-3,6-7,18H,4-5,8-14H2/t17-/m1/s1. The van der Waals surface area contributed by atoms with Crippen molar-refractivity contribution < 1.29 is 9.53 Å². The summed E-state index contributed by atoms with van der Waals surface area (Å²) in [6.07, 6.45) is 5.63. The first-order chi connectivity index (χ1) is 10.3. The van der Waals surface area contributed by atoms with Crippen LogP contribution in [0.2, 0.25) is 0 Å². The van der Waals surface area contributed by atoms with Crippen molar-refractivity contribution in [1.29, 1.82) is 0 Å². The van der Waals surface area contributed by atoms with Crippen LogP contribution >= 0.6 is 0 Å². The van der Waals surface area contributed by atoms with Crippen LogP contribution in [0.3, 0.4) is 0 Å². The molecule has 0 unspecified atom stereocenters. The van der Waals surface area contributed by atoms with E-state index in [1.165, 1.54) is 19.3 Å². The van der Waals surface area contributed by atoms with Gasteiger partial charge in [0.2, 0.25) is 0 Å². The maximum absolute atomic E-state index is 12.2. The van der Waals surface area contributed by atoms with E-state index in [2.05, 4.69) is 5.32 Å². The quantitative estimate of drug-likeness (QED) is 0.909. The third-order valence-electron chi connectivity index (χ3n) is 4.74. The lowest BCUT2D eigenvalue weighted by atomic mass is 9.89. The van der Waals surface area contributed by atoms with Crippen LogP contribution in [0.1, 0.15) is 37.7 Å². The third kappa shape index (κ3) is 3.56. The second kappa shape index (κ2) is 6.48.